The van der Waals surface area contributed by atoms with Gasteiger partial charge < -0.3 is 9.16 Å². The highest BCUT2D eigenvalue weighted by atomic mass is 32.2. The fraction of sp³-hybridized carbons (Fsp3) is 0.531. The number of anilines is 1. The maximum absolute atomic E-state index is 13.3. The molecule has 11 heteroatoms. The van der Waals surface area contributed by atoms with E-state index in [9.17, 15) is 13.2 Å². The summed E-state index contributed by atoms with van der Waals surface area (Å²) >= 11 is 1.24. The van der Waals surface area contributed by atoms with Crippen molar-refractivity contribution in [3.63, 3.8) is 0 Å². The van der Waals surface area contributed by atoms with Gasteiger partial charge in [-0.15, -0.1) is 10.2 Å². The Balaban J connectivity index is 1.54. The standard InChI is InChI=1S/C32H45N3O5S2Si/c1-30(2,3)43(25-17-10-8-11-18-25,26-19-12-9-13-20-26)40-23-31(4,5)28-34-35-29(41-28)33-27(36)32(6,7)42(37,38)22-24-16-14-15-21-39-24/h8-13,17-20,24H,14-16,21-23H2,1-7H3,(H,33,35,36)/t24-/m0/s1. The van der Waals surface area contributed by atoms with E-state index in [1.54, 1.807) is 0 Å². The van der Waals surface area contributed by atoms with Gasteiger partial charge in [0.2, 0.25) is 11.0 Å². The lowest BCUT2D eigenvalue weighted by atomic mass is 9.96. The molecule has 0 aliphatic carbocycles. The van der Waals surface area contributed by atoms with Gasteiger partial charge in [-0.2, -0.15) is 0 Å². The summed E-state index contributed by atoms with van der Waals surface area (Å²) in [5.41, 5.74) is -0.534. The third-order valence-electron chi connectivity index (χ3n) is 8.29. The first-order valence-electron chi connectivity index (χ1n) is 14.8. The number of benzene rings is 2. The van der Waals surface area contributed by atoms with Crippen molar-refractivity contribution >= 4 is 50.9 Å². The third kappa shape index (κ3) is 7.11. The first-order valence-corrected chi connectivity index (χ1v) is 19.2. The van der Waals surface area contributed by atoms with Crippen LogP contribution in [0.2, 0.25) is 5.04 Å². The van der Waals surface area contributed by atoms with Crippen LogP contribution in [-0.4, -0.2) is 62.7 Å². The van der Waals surface area contributed by atoms with Gasteiger partial charge in [0, 0.05) is 18.6 Å². The van der Waals surface area contributed by atoms with Crippen LogP contribution in [0.1, 0.15) is 72.7 Å². The quantitative estimate of drug-likeness (QED) is 0.290. The van der Waals surface area contributed by atoms with Gasteiger partial charge in [0.25, 0.3) is 8.32 Å². The molecule has 1 aromatic heterocycles. The second-order valence-electron chi connectivity index (χ2n) is 13.5. The highest BCUT2D eigenvalue weighted by molar-refractivity contribution is 7.93. The first kappa shape index (κ1) is 33.4. The molecule has 234 valence electrons. The van der Waals surface area contributed by atoms with Crippen LogP contribution in [-0.2, 0) is 29.2 Å². The Hall–Kier alpha value is -2.44. The lowest BCUT2D eigenvalue weighted by Crippen LogP contribution is -2.67. The molecule has 1 amide bonds. The van der Waals surface area contributed by atoms with Gasteiger partial charge in [-0.05, 0) is 48.5 Å². The van der Waals surface area contributed by atoms with E-state index in [0.29, 0.717) is 24.6 Å². The minimum atomic E-state index is -3.79. The smallest absolute Gasteiger partial charge is 0.261 e. The van der Waals surface area contributed by atoms with E-state index in [1.165, 1.54) is 35.6 Å². The summed E-state index contributed by atoms with van der Waals surface area (Å²) < 4.78 is 37.6. The van der Waals surface area contributed by atoms with Crippen LogP contribution in [0.5, 0.6) is 0 Å². The van der Waals surface area contributed by atoms with E-state index in [-0.39, 0.29) is 22.0 Å². The van der Waals surface area contributed by atoms with Gasteiger partial charge >= 0.3 is 0 Å². The van der Waals surface area contributed by atoms with Crippen LogP contribution in [0.4, 0.5) is 5.13 Å². The molecule has 43 heavy (non-hydrogen) atoms. The Morgan fingerprint density at radius 1 is 0.953 bits per heavy atom. The molecule has 0 radical (unpaired) electrons. The number of aromatic nitrogens is 2. The lowest BCUT2D eigenvalue weighted by Gasteiger charge is -2.44. The summed E-state index contributed by atoms with van der Waals surface area (Å²) in [6.07, 6.45) is 2.16. The van der Waals surface area contributed by atoms with Gasteiger partial charge in [0.15, 0.2) is 9.84 Å². The number of ether oxygens (including phenoxy) is 1. The molecular weight excluding hydrogens is 599 g/mol. The minimum absolute atomic E-state index is 0.175. The third-order valence-corrected chi connectivity index (χ3v) is 17.0. The molecule has 0 spiro atoms. The topological polar surface area (TPSA) is 107 Å². The summed E-state index contributed by atoms with van der Waals surface area (Å²) in [4.78, 5) is 13.3. The molecule has 1 fully saturated rings. The van der Waals surface area contributed by atoms with E-state index in [0.717, 1.165) is 12.8 Å². The van der Waals surface area contributed by atoms with Gasteiger partial charge in [0.05, 0.1) is 11.9 Å². The summed E-state index contributed by atoms with van der Waals surface area (Å²) in [6.45, 7) is 14.6. The van der Waals surface area contributed by atoms with Crippen LogP contribution in [0.25, 0.3) is 0 Å². The van der Waals surface area contributed by atoms with Crippen molar-refractivity contribution in [1.29, 1.82) is 0 Å². The Bertz CT molecular complexity index is 1440. The van der Waals surface area contributed by atoms with Gasteiger partial charge in [-0.1, -0.05) is 107 Å². The van der Waals surface area contributed by atoms with Crippen molar-refractivity contribution in [2.24, 2.45) is 0 Å². The zero-order chi connectivity index (χ0) is 31.5. The molecule has 1 aliphatic heterocycles. The van der Waals surface area contributed by atoms with Crippen LogP contribution < -0.4 is 15.7 Å². The molecule has 8 nitrogen and oxygen atoms in total. The lowest BCUT2D eigenvalue weighted by molar-refractivity contribution is -0.117. The number of sulfone groups is 1. The molecule has 0 saturated carbocycles. The van der Waals surface area contributed by atoms with Crippen molar-refractivity contribution in [2.45, 2.75) is 89.0 Å². The fourth-order valence-electron chi connectivity index (χ4n) is 5.44. The summed E-state index contributed by atoms with van der Waals surface area (Å²) in [7, 11) is -6.55. The fourth-order valence-corrected chi connectivity index (χ4v) is 12.5. The molecule has 0 bridgehead atoms. The molecule has 1 aliphatic rings. The monoisotopic (exact) mass is 643 g/mol. The van der Waals surface area contributed by atoms with Gasteiger partial charge in [0.1, 0.15) is 9.75 Å². The average molecular weight is 644 g/mol. The highest BCUT2D eigenvalue weighted by Crippen LogP contribution is 2.39. The van der Waals surface area contributed by atoms with E-state index < -0.39 is 34.2 Å². The van der Waals surface area contributed by atoms with Crippen molar-refractivity contribution in [1.82, 2.24) is 10.2 Å². The Morgan fingerprint density at radius 3 is 2.05 bits per heavy atom. The zero-order valence-corrected chi connectivity index (χ0v) is 29.0. The van der Waals surface area contributed by atoms with E-state index in [2.05, 4.69) is 98.7 Å². The molecule has 2 aromatic carbocycles. The van der Waals surface area contributed by atoms with Crippen molar-refractivity contribution < 1.29 is 22.4 Å². The van der Waals surface area contributed by atoms with Gasteiger partial charge in [-0.25, -0.2) is 8.42 Å². The van der Waals surface area contributed by atoms with Crippen molar-refractivity contribution in [3.8, 4) is 0 Å². The molecular formula is C32H45N3O5S2Si. The Morgan fingerprint density at radius 2 is 1.53 bits per heavy atom. The number of nitrogens with zero attached hydrogens (tertiary/aromatic N) is 2. The average Bonchev–Trinajstić information content (AvgIpc) is 3.43. The largest absolute Gasteiger partial charge is 0.406 e. The maximum atomic E-state index is 13.3. The number of hydrogen-bond donors (Lipinski definition) is 1. The summed E-state index contributed by atoms with van der Waals surface area (Å²) in [5, 5.41) is 14.5. The number of carbonyl (C=O) groups excluding carboxylic acids is 1. The Labute approximate surface area is 261 Å². The van der Waals surface area contributed by atoms with Crippen molar-refractivity contribution in [2.75, 3.05) is 24.3 Å². The predicted molar refractivity (Wildman–Crippen MR) is 177 cm³/mol. The highest BCUT2D eigenvalue weighted by Gasteiger charge is 2.51. The van der Waals surface area contributed by atoms with Crippen LogP contribution in [0.15, 0.2) is 60.7 Å². The molecule has 2 heterocycles. The molecule has 3 aromatic rings. The second kappa shape index (κ2) is 12.9. The molecule has 0 unspecified atom stereocenters. The maximum Gasteiger partial charge on any atom is 0.261 e. The first-order chi connectivity index (χ1) is 20.1. The summed E-state index contributed by atoms with van der Waals surface area (Å²) in [6, 6.07) is 20.9. The van der Waals surface area contributed by atoms with E-state index in [4.69, 9.17) is 9.16 Å². The predicted octanol–water partition coefficient (Wildman–Crippen LogP) is 5.09. The molecule has 1 saturated heterocycles. The molecule has 1 atom stereocenters. The Kier molecular flexibility index (Phi) is 10.0. The minimum Gasteiger partial charge on any atom is -0.406 e. The number of nitrogens with one attached hydrogen (secondary N) is 1. The normalized spacial score (nSPS) is 17.0. The molecule has 4 rings (SSSR count). The van der Waals surface area contributed by atoms with Crippen LogP contribution in [0.3, 0.4) is 0 Å². The van der Waals surface area contributed by atoms with E-state index in [1.807, 2.05) is 12.1 Å². The number of amides is 1. The number of carbonyl (C=O) groups is 1. The van der Waals surface area contributed by atoms with Crippen molar-refractivity contribution in [3.05, 3.63) is 65.7 Å². The van der Waals surface area contributed by atoms with E-state index >= 15 is 0 Å². The van der Waals surface area contributed by atoms with Crippen LogP contribution >= 0.6 is 11.3 Å². The molecule has 1 N–H and O–H groups in total. The van der Waals surface area contributed by atoms with Gasteiger partial charge in [-0.3, -0.25) is 10.1 Å². The number of rotatable bonds is 11. The van der Waals surface area contributed by atoms with Crippen LogP contribution in [0, 0.1) is 0 Å². The number of hydrogen-bond acceptors (Lipinski definition) is 8. The summed E-state index contributed by atoms with van der Waals surface area (Å²) in [5.74, 6) is -0.811. The zero-order valence-electron chi connectivity index (χ0n) is 26.3. The SMILES string of the molecule is CC(C)(CO[Si](c1ccccc1)(c1ccccc1)C(C)(C)C)c1nnc(NC(=O)C(C)(C)S(=O)(=O)C[C@@H]2CCCCO2)s1. The second-order valence-corrected chi connectivity index (χ2v) is 21.3.